The molecule has 1 aromatic carbocycles. The second-order valence-electron chi connectivity index (χ2n) is 5.88. The highest BCUT2D eigenvalue weighted by atomic mass is 16.1. The van der Waals surface area contributed by atoms with E-state index in [-0.39, 0.29) is 11.7 Å². The molecule has 1 heterocycles. The lowest BCUT2D eigenvalue weighted by Crippen LogP contribution is -2.37. The number of ketones is 1. The molecule has 0 spiro atoms. The summed E-state index contributed by atoms with van der Waals surface area (Å²) in [6.07, 6.45) is 4.69. The van der Waals surface area contributed by atoms with Crippen molar-refractivity contribution in [2.45, 2.75) is 39.0 Å². The zero-order valence-electron chi connectivity index (χ0n) is 13.4. The molecule has 0 radical (unpaired) electrons. The first-order chi connectivity index (χ1) is 10.7. The Balaban J connectivity index is 1.87. The van der Waals surface area contributed by atoms with Crippen molar-refractivity contribution in [2.75, 3.05) is 26.2 Å². The Kier molecular flexibility index (Phi) is 6.59. The van der Waals surface area contributed by atoms with Crippen molar-refractivity contribution in [3.8, 4) is 0 Å². The Bertz CT molecular complexity index is 508. The third kappa shape index (κ3) is 4.95. The number of carbonyl (C=O) groups excluding carboxylic acids is 2. The van der Waals surface area contributed by atoms with Gasteiger partial charge in [0.15, 0.2) is 0 Å². The van der Waals surface area contributed by atoms with Crippen LogP contribution in [-0.2, 0) is 11.2 Å². The minimum absolute atomic E-state index is 0.0727. The van der Waals surface area contributed by atoms with E-state index in [1.54, 1.807) is 6.07 Å². The number of nitrogens with one attached hydrogen (secondary N) is 1. The van der Waals surface area contributed by atoms with Gasteiger partial charge in [0.25, 0.3) is 5.91 Å². The van der Waals surface area contributed by atoms with Gasteiger partial charge in [-0.3, -0.25) is 9.59 Å². The minimum Gasteiger partial charge on any atom is -0.351 e. The number of benzene rings is 1. The van der Waals surface area contributed by atoms with Crippen LogP contribution in [0.3, 0.4) is 0 Å². The molecule has 1 aromatic rings. The summed E-state index contributed by atoms with van der Waals surface area (Å²) in [4.78, 5) is 26.4. The van der Waals surface area contributed by atoms with Crippen molar-refractivity contribution >= 4 is 11.7 Å². The van der Waals surface area contributed by atoms with Gasteiger partial charge < -0.3 is 10.2 Å². The number of Topliss-reactive ketones (excluding diaryl/α,β-unsaturated/α-hetero) is 1. The van der Waals surface area contributed by atoms with Gasteiger partial charge in [0.2, 0.25) is 0 Å². The number of piperidine rings is 1. The predicted molar refractivity (Wildman–Crippen MR) is 88.1 cm³/mol. The molecule has 0 saturated carbocycles. The number of carbonyl (C=O) groups is 2. The Hall–Kier alpha value is -1.68. The molecule has 0 aliphatic carbocycles. The van der Waals surface area contributed by atoms with Crippen LogP contribution in [-0.4, -0.2) is 42.8 Å². The highest BCUT2D eigenvalue weighted by Gasteiger charge is 2.14. The van der Waals surface area contributed by atoms with E-state index in [2.05, 4.69) is 10.2 Å². The molecular formula is C18H26N2O2. The van der Waals surface area contributed by atoms with E-state index < -0.39 is 0 Å². The number of hydrogen-bond acceptors (Lipinski definition) is 3. The van der Waals surface area contributed by atoms with Gasteiger partial charge in [-0.05, 0) is 37.6 Å². The molecule has 0 bridgehead atoms. The molecule has 4 heteroatoms. The van der Waals surface area contributed by atoms with Gasteiger partial charge in [-0.2, -0.15) is 0 Å². The lowest BCUT2D eigenvalue weighted by atomic mass is 10.0. The maximum atomic E-state index is 12.3. The summed E-state index contributed by atoms with van der Waals surface area (Å²) in [5.41, 5.74) is 1.45. The third-order valence-corrected chi connectivity index (χ3v) is 4.21. The van der Waals surface area contributed by atoms with Gasteiger partial charge in [0, 0.05) is 31.5 Å². The average molecular weight is 302 g/mol. The van der Waals surface area contributed by atoms with Gasteiger partial charge in [0.05, 0.1) is 0 Å². The molecule has 1 amide bonds. The maximum Gasteiger partial charge on any atom is 0.251 e. The third-order valence-electron chi connectivity index (χ3n) is 4.21. The molecule has 1 aliphatic rings. The van der Waals surface area contributed by atoms with Crippen LogP contribution in [0.2, 0.25) is 0 Å². The highest BCUT2D eigenvalue weighted by molar-refractivity contribution is 5.97. The van der Waals surface area contributed by atoms with Crippen LogP contribution in [0, 0.1) is 0 Å². The average Bonchev–Trinajstić information content (AvgIpc) is 2.56. The van der Waals surface area contributed by atoms with Crippen molar-refractivity contribution in [3.05, 3.63) is 35.4 Å². The summed E-state index contributed by atoms with van der Waals surface area (Å²) in [6.45, 7) is 5.69. The largest absolute Gasteiger partial charge is 0.351 e. The Morgan fingerprint density at radius 1 is 1.14 bits per heavy atom. The molecule has 1 saturated heterocycles. The predicted octanol–water partition coefficient (Wildman–Crippen LogP) is 2.42. The van der Waals surface area contributed by atoms with Gasteiger partial charge in [-0.25, -0.2) is 0 Å². The molecule has 0 unspecified atom stereocenters. The SMILES string of the molecule is CCC(=O)Cc1ccccc1C(=O)NCCN1CCCCC1. The number of nitrogens with zero attached hydrogens (tertiary/aromatic N) is 1. The summed E-state index contributed by atoms with van der Waals surface area (Å²) < 4.78 is 0. The van der Waals surface area contributed by atoms with E-state index in [0.29, 0.717) is 24.9 Å². The smallest absolute Gasteiger partial charge is 0.251 e. The number of hydrogen-bond donors (Lipinski definition) is 1. The molecule has 22 heavy (non-hydrogen) atoms. The fourth-order valence-electron chi connectivity index (χ4n) is 2.84. The normalized spacial score (nSPS) is 15.5. The van der Waals surface area contributed by atoms with Gasteiger partial charge in [0.1, 0.15) is 5.78 Å². The fourth-order valence-corrected chi connectivity index (χ4v) is 2.84. The molecule has 1 fully saturated rings. The Morgan fingerprint density at radius 2 is 1.86 bits per heavy atom. The van der Waals surface area contributed by atoms with Crippen LogP contribution in [0.4, 0.5) is 0 Å². The monoisotopic (exact) mass is 302 g/mol. The molecule has 1 N–H and O–H groups in total. The van der Waals surface area contributed by atoms with Gasteiger partial charge in [-0.15, -0.1) is 0 Å². The van der Waals surface area contributed by atoms with Crippen LogP contribution >= 0.6 is 0 Å². The van der Waals surface area contributed by atoms with Crippen molar-refractivity contribution < 1.29 is 9.59 Å². The molecule has 0 aromatic heterocycles. The quantitative estimate of drug-likeness (QED) is 0.841. The number of likely N-dealkylation sites (tertiary alicyclic amines) is 1. The second-order valence-corrected chi connectivity index (χ2v) is 5.88. The van der Waals surface area contributed by atoms with Crippen LogP contribution < -0.4 is 5.32 Å². The summed E-state index contributed by atoms with van der Waals surface area (Å²) in [5, 5.41) is 2.99. The summed E-state index contributed by atoms with van der Waals surface area (Å²) >= 11 is 0. The molecule has 2 rings (SSSR count). The lowest BCUT2D eigenvalue weighted by molar-refractivity contribution is -0.118. The molecule has 1 aliphatic heterocycles. The first-order valence-corrected chi connectivity index (χ1v) is 8.31. The van der Waals surface area contributed by atoms with E-state index in [1.165, 1.54) is 19.3 Å². The zero-order valence-corrected chi connectivity index (χ0v) is 13.4. The van der Waals surface area contributed by atoms with Crippen LogP contribution in [0.25, 0.3) is 0 Å². The number of amides is 1. The van der Waals surface area contributed by atoms with E-state index in [4.69, 9.17) is 0 Å². The summed E-state index contributed by atoms with van der Waals surface area (Å²) in [7, 11) is 0. The minimum atomic E-state index is -0.0727. The first-order valence-electron chi connectivity index (χ1n) is 8.31. The highest BCUT2D eigenvalue weighted by Crippen LogP contribution is 2.11. The van der Waals surface area contributed by atoms with Gasteiger partial charge >= 0.3 is 0 Å². The van der Waals surface area contributed by atoms with Crippen molar-refractivity contribution in [1.82, 2.24) is 10.2 Å². The summed E-state index contributed by atoms with van der Waals surface area (Å²) in [5.74, 6) is 0.0880. The van der Waals surface area contributed by atoms with Crippen LogP contribution in [0.15, 0.2) is 24.3 Å². The van der Waals surface area contributed by atoms with Crippen molar-refractivity contribution in [3.63, 3.8) is 0 Å². The Morgan fingerprint density at radius 3 is 2.59 bits per heavy atom. The molecule has 0 atom stereocenters. The second kappa shape index (κ2) is 8.69. The topological polar surface area (TPSA) is 49.4 Å². The van der Waals surface area contributed by atoms with Crippen molar-refractivity contribution in [1.29, 1.82) is 0 Å². The van der Waals surface area contributed by atoms with E-state index in [0.717, 1.165) is 25.2 Å². The van der Waals surface area contributed by atoms with E-state index >= 15 is 0 Å². The van der Waals surface area contributed by atoms with Crippen LogP contribution in [0.1, 0.15) is 48.5 Å². The molecular weight excluding hydrogens is 276 g/mol. The lowest BCUT2D eigenvalue weighted by Gasteiger charge is -2.26. The maximum absolute atomic E-state index is 12.3. The van der Waals surface area contributed by atoms with Crippen LogP contribution in [0.5, 0.6) is 0 Å². The van der Waals surface area contributed by atoms with Crippen molar-refractivity contribution in [2.24, 2.45) is 0 Å². The first kappa shape index (κ1) is 16.7. The standard InChI is InChI=1S/C18H26N2O2/c1-2-16(21)14-15-8-4-5-9-17(15)18(22)19-10-13-20-11-6-3-7-12-20/h4-5,8-9H,2-3,6-7,10-14H2,1H3,(H,19,22). The Labute approximate surface area is 132 Å². The summed E-state index contributed by atoms with van der Waals surface area (Å²) in [6, 6.07) is 7.39. The van der Waals surface area contributed by atoms with Gasteiger partial charge in [-0.1, -0.05) is 31.5 Å². The van der Waals surface area contributed by atoms with E-state index in [9.17, 15) is 9.59 Å². The fraction of sp³-hybridized carbons (Fsp3) is 0.556. The molecule has 4 nitrogen and oxygen atoms in total. The number of rotatable bonds is 7. The molecule has 120 valence electrons. The van der Waals surface area contributed by atoms with E-state index in [1.807, 2.05) is 25.1 Å². The zero-order chi connectivity index (χ0) is 15.8.